The number of carbonyl (C=O) groups excluding carboxylic acids is 3. The van der Waals surface area contributed by atoms with Crippen LogP contribution in [0, 0.1) is 17.8 Å². The number of hydrogen-bond acceptors (Lipinski definition) is 10. The lowest BCUT2D eigenvalue weighted by Crippen LogP contribution is -2.56. The molecule has 10 atom stereocenters. The smallest absolute Gasteiger partial charge is 0.410 e. The third kappa shape index (κ3) is 9.04. The van der Waals surface area contributed by atoms with E-state index in [1.165, 1.54) is 18.1 Å². The first-order valence-electron chi connectivity index (χ1n) is 16.1. The van der Waals surface area contributed by atoms with Gasteiger partial charge in [0.15, 0.2) is 5.78 Å². The van der Waals surface area contributed by atoms with E-state index in [1.54, 1.807) is 13.0 Å². The summed E-state index contributed by atoms with van der Waals surface area (Å²) in [7, 11) is 1.33. The first kappa shape index (κ1) is 35.3. The fourth-order valence-corrected chi connectivity index (χ4v) is 6.70. The number of epoxide rings is 1. The van der Waals surface area contributed by atoms with Crippen LogP contribution in [0.4, 0.5) is 4.79 Å². The zero-order valence-electron chi connectivity index (χ0n) is 27.5. The molecule has 4 rings (SSSR count). The van der Waals surface area contributed by atoms with E-state index in [4.69, 9.17) is 23.7 Å². The summed E-state index contributed by atoms with van der Waals surface area (Å²) in [6.07, 6.45) is 9.38. The van der Waals surface area contributed by atoms with Crippen LogP contribution >= 0.6 is 0 Å². The SMILES string of the molecule is COC(=O)C1CCN(C(=O)O[C@@H](C)/C=C\C(=O)CC2C[C@H](C)[C@H](C/C=C(C)/C=C/C3O[C@](C)(CO)C[C@@]4(CO4)[C@@H]3O)O[C@@H]2C)C1. The van der Waals surface area contributed by atoms with Gasteiger partial charge in [0.1, 0.15) is 23.9 Å². The van der Waals surface area contributed by atoms with Crippen LogP contribution in [-0.2, 0) is 33.3 Å². The minimum atomic E-state index is -0.784. The van der Waals surface area contributed by atoms with E-state index in [0.717, 1.165) is 18.4 Å². The Kier molecular flexibility index (Phi) is 11.7. The van der Waals surface area contributed by atoms with Gasteiger partial charge in [0.2, 0.25) is 0 Å². The van der Waals surface area contributed by atoms with Gasteiger partial charge < -0.3 is 38.8 Å². The molecule has 4 fully saturated rings. The van der Waals surface area contributed by atoms with Crippen LogP contribution in [0.2, 0.25) is 0 Å². The Morgan fingerprint density at radius 2 is 1.93 bits per heavy atom. The third-order valence-corrected chi connectivity index (χ3v) is 9.66. The van der Waals surface area contributed by atoms with Gasteiger partial charge in [0, 0.05) is 25.9 Å². The first-order valence-corrected chi connectivity index (χ1v) is 16.1. The molecule has 0 aliphatic carbocycles. The van der Waals surface area contributed by atoms with Crippen molar-refractivity contribution >= 4 is 17.8 Å². The molecule has 4 aliphatic heterocycles. The van der Waals surface area contributed by atoms with Crippen LogP contribution in [0.3, 0.4) is 0 Å². The van der Waals surface area contributed by atoms with Gasteiger partial charge in [-0.3, -0.25) is 9.59 Å². The van der Waals surface area contributed by atoms with Crippen molar-refractivity contribution in [2.24, 2.45) is 17.8 Å². The minimum absolute atomic E-state index is 0.0198. The number of ether oxygens (including phenoxy) is 5. The van der Waals surface area contributed by atoms with Crippen molar-refractivity contribution in [2.75, 3.05) is 33.4 Å². The number of amides is 1. The number of esters is 1. The molecule has 0 aromatic carbocycles. The molecule has 1 spiro atoms. The van der Waals surface area contributed by atoms with Gasteiger partial charge in [-0.05, 0) is 70.9 Å². The average molecular weight is 634 g/mol. The molecule has 252 valence electrons. The van der Waals surface area contributed by atoms with Gasteiger partial charge in [-0.2, -0.15) is 0 Å². The second-order valence-corrected chi connectivity index (χ2v) is 13.6. The van der Waals surface area contributed by atoms with Crippen LogP contribution < -0.4 is 0 Å². The molecule has 45 heavy (non-hydrogen) atoms. The lowest BCUT2D eigenvalue weighted by molar-refractivity contribution is -0.192. The number of ketones is 1. The van der Waals surface area contributed by atoms with Gasteiger partial charge in [0.05, 0.1) is 44.1 Å². The van der Waals surface area contributed by atoms with Crippen molar-refractivity contribution in [1.82, 2.24) is 4.90 Å². The van der Waals surface area contributed by atoms with Crippen LogP contribution in [-0.4, -0.2) is 108 Å². The van der Waals surface area contributed by atoms with Crippen LogP contribution in [0.15, 0.2) is 36.0 Å². The average Bonchev–Trinajstić information content (AvgIpc) is 3.58. The number of hydrogen-bond donors (Lipinski definition) is 2. The summed E-state index contributed by atoms with van der Waals surface area (Å²) >= 11 is 0. The summed E-state index contributed by atoms with van der Waals surface area (Å²) < 4.78 is 28.2. The molecule has 0 radical (unpaired) electrons. The molecule has 2 N–H and O–H groups in total. The van der Waals surface area contributed by atoms with Gasteiger partial charge in [-0.25, -0.2) is 4.79 Å². The number of aliphatic hydroxyl groups is 2. The van der Waals surface area contributed by atoms with Crippen LogP contribution in [0.1, 0.15) is 66.7 Å². The molecule has 0 saturated carbocycles. The molecule has 0 aromatic heterocycles. The van der Waals surface area contributed by atoms with Crippen LogP contribution in [0.5, 0.6) is 0 Å². The molecule has 4 heterocycles. The molecular formula is C34H51NO10. The van der Waals surface area contributed by atoms with Gasteiger partial charge >= 0.3 is 12.1 Å². The highest BCUT2D eigenvalue weighted by Crippen LogP contribution is 2.46. The first-order chi connectivity index (χ1) is 21.3. The Bertz CT molecular complexity index is 1160. The fraction of sp³-hybridized carbons (Fsp3) is 0.735. The lowest BCUT2D eigenvalue weighted by Gasteiger charge is -2.42. The van der Waals surface area contributed by atoms with Crippen molar-refractivity contribution in [3.8, 4) is 0 Å². The van der Waals surface area contributed by atoms with E-state index >= 15 is 0 Å². The molecule has 0 bridgehead atoms. The molecule has 3 unspecified atom stereocenters. The molecule has 4 aliphatic rings. The molecule has 4 saturated heterocycles. The van der Waals surface area contributed by atoms with Crippen molar-refractivity contribution in [1.29, 1.82) is 0 Å². The zero-order chi connectivity index (χ0) is 32.9. The van der Waals surface area contributed by atoms with E-state index in [2.05, 4.69) is 13.0 Å². The van der Waals surface area contributed by atoms with E-state index in [9.17, 15) is 24.6 Å². The molecular weight excluding hydrogens is 582 g/mol. The van der Waals surface area contributed by atoms with E-state index in [0.29, 0.717) is 32.4 Å². The quantitative estimate of drug-likeness (QED) is 0.150. The Morgan fingerprint density at radius 1 is 1.20 bits per heavy atom. The minimum Gasteiger partial charge on any atom is -0.469 e. The summed E-state index contributed by atoms with van der Waals surface area (Å²) in [5.74, 6) is -0.365. The number of rotatable bonds is 11. The topological polar surface area (TPSA) is 144 Å². The summed E-state index contributed by atoms with van der Waals surface area (Å²) in [5.41, 5.74) is -0.371. The maximum atomic E-state index is 12.8. The molecule has 0 aromatic rings. The summed E-state index contributed by atoms with van der Waals surface area (Å²) in [6.45, 7) is 10.7. The predicted octanol–water partition coefficient (Wildman–Crippen LogP) is 3.51. The highest BCUT2D eigenvalue weighted by atomic mass is 16.6. The highest BCUT2D eigenvalue weighted by molar-refractivity contribution is 5.90. The van der Waals surface area contributed by atoms with Crippen molar-refractivity contribution in [2.45, 2.75) is 108 Å². The van der Waals surface area contributed by atoms with E-state index in [-0.39, 0.29) is 54.9 Å². The molecule has 11 nitrogen and oxygen atoms in total. The predicted molar refractivity (Wildman–Crippen MR) is 165 cm³/mol. The van der Waals surface area contributed by atoms with Gasteiger partial charge in [-0.15, -0.1) is 0 Å². The number of likely N-dealkylation sites (tertiary alicyclic amines) is 1. The summed E-state index contributed by atoms with van der Waals surface area (Å²) in [6, 6.07) is 0. The van der Waals surface area contributed by atoms with Crippen molar-refractivity contribution in [3.63, 3.8) is 0 Å². The molecule has 11 heteroatoms. The zero-order valence-corrected chi connectivity index (χ0v) is 27.5. The largest absolute Gasteiger partial charge is 0.469 e. The maximum absolute atomic E-state index is 12.8. The van der Waals surface area contributed by atoms with Crippen molar-refractivity contribution in [3.05, 3.63) is 36.0 Å². The number of methoxy groups -OCH3 is 1. The lowest BCUT2D eigenvalue weighted by atomic mass is 9.81. The maximum Gasteiger partial charge on any atom is 0.410 e. The summed E-state index contributed by atoms with van der Waals surface area (Å²) in [5, 5.41) is 20.6. The van der Waals surface area contributed by atoms with Crippen LogP contribution in [0.25, 0.3) is 0 Å². The normalized spacial score (nSPS) is 37.7. The Labute approximate surface area is 266 Å². The van der Waals surface area contributed by atoms with E-state index in [1.807, 2.05) is 32.9 Å². The van der Waals surface area contributed by atoms with Gasteiger partial charge in [-0.1, -0.05) is 30.7 Å². The standard InChI is InChI=1S/C34H51NO10/c1-21(8-12-29-30(38)34(20-42-34)18-33(5,19-36)45-29)7-11-28-22(2)15-26(24(4)44-28)16-27(37)10-9-23(3)43-32(40)35-14-13-25(17-35)31(39)41-6/h7-10,12,22-26,28-30,36,38H,11,13-20H2,1-6H3/b10-9-,12-8+,21-7+/t22-,23-,24+,25?,26?,28-,29?,30+,33-,34+/m0/s1. The van der Waals surface area contributed by atoms with E-state index < -0.39 is 35.6 Å². The monoisotopic (exact) mass is 633 g/mol. The Balaban J connectivity index is 1.20. The second kappa shape index (κ2) is 14.9. The number of allylic oxidation sites excluding steroid dienone is 3. The highest BCUT2D eigenvalue weighted by Gasteiger charge is 2.61. The second-order valence-electron chi connectivity index (χ2n) is 13.6. The van der Waals surface area contributed by atoms with Crippen molar-refractivity contribution < 1.29 is 48.3 Å². The number of nitrogens with zero attached hydrogens (tertiary/aromatic N) is 1. The number of aliphatic hydroxyl groups excluding tert-OH is 2. The Hall–Kier alpha value is -2.57. The summed E-state index contributed by atoms with van der Waals surface area (Å²) in [4.78, 5) is 38.4. The third-order valence-electron chi connectivity index (χ3n) is 9.66. The molecule has 1 amide bonds. The van der Waals surface area contributed by atoms with Gasteiger partial charge in [0.25, 0.3) is 0 Å². The fourth-order valence-electron chi connectivity index (χ4n) is 6.70. The number of carbonyl (C=O) groups is 3. The Morgan fingerprint density at radius 3 is 2.60 bits per heavy atom.